The zero-order chi connectivity index (χ0) is 22.9. The van der Waals surface area contributed by atoms with E-state index in [-0.39, 0.29) is 5.56 Å². The molecule has 166 valence electrons. The Balaban J connectivity index is 1.66. The molecule has 0 saturated heterocycles. The lowest BCUT2D eigenvalue weighted by Gasteiger charge is -2.12. The van der Waals surface area contributed by atoms with Gasteiger partial charge in [0.1, 0.15) is 11.5 Å². The minimum absolute atomic E-state index is 0.125. The minimum Gasteiger partial charge on any atom is -0.497 e. The molecule has 0 bridgehead atoms. The largest absolute Gasteiger partial charge is 0.497 e. The molecular formula is C25H22N4O3S. The van der Waals surface area contributed by atoms with E-state index in [1.54, 1.807) is 18.8 Å². The Labute approximate surface area is 194 Å². The summed E-state index contributed by atoms with van der Waals surface area (Å²) in [4.78, 5) is 13.4. The Morgan fingerprint density at radius 2 is 1.73 bits per heavy atom. The van der Waals surface area contributed by atoms with Crippen LogP contribution >= 0.6 is 11.8 Å². The van der Waals surface area contributed by atoms with Gasteiger partial charge < -0.3 is 9.47 Å². The van der Waals surface area contributed by atoms with Crippen LogP contribution in [0.4, 0.5) is 0 Å². The lowest BCUT2D eigenvalue weighted by atomic mass is 10.2. The molecule has 2 aromatic heterocycles. The summed E-state index contributed by atoms with van der Waals surface area (Å²) in [5, 5.41) is 10.2. The molecule has 0 aliphatic rings. The summed E-state index contributed by atoms with van der Waals surface area (Å²) < 4.78 is 14.4. The molecule has 3 aromatic carbocycles. The predicted molar refractivity (Wildman–Crippen MR) is 130 cm³/mol. The maximum absolute atomic E-state index is 13.4. The number of para-hydroxylation sites is 1. The molecule has 0 atom stereocenters. The Kier molecular flexibility index (Phi) is 5.51. The van der Waals surface area contributed by atoms with Gasteiger partial charge >= 0.3 is 0 Å². The highest BCUT2D eigenvalue weighted by molar-refractivity contribution is 7.98. The quantitative estimate of drug-likeness (QED) is 0.345. The van der Waals surface area contributed by atoms with Crippen molar-refractivity contribution in [2.75, 3.05) is 14.2 Å². The average molecular weight is 459 g/mol. The van der Waals surface area contributed by atoms with Crippen molar-refractivity contribution in [3.05, 3.63) is 88.2 Å². The van der Waals surface area contributed by atoms with E-state index in [9.17, 15) is 4.79 Å². The van der Waals surface area contributed by atoms with E-state index in [1.807, 2.05) is 78.1 Å². The Hall–Kier alpha value is -3.78. The van der Waals surface area contributed by atoms with E-state index in [0.717, 1.165) is 33.8 Å². The molecule has 0 spiro atoms. The SMILES string of the molecule is COc1ccc(OC)c(CSc2nnc3n(-c4ccc(C)cc4)c(=O)c4ccccc4n23)c1. The summed E-state index contributed by atoms with van der Waals surface area (Å²) in [6.45, 7) is 2.02. The molecule has 0 unspecified atom stereocenters. The number of fused-ring (bicyclic) bond motifs is 3. The second-order valence-electron chi connectivity index (χ2n) is 7.58. The van der Waals surface area contributed by atoms with Crippen molar-refractivity contribution < 1.29 is 9.47 Å². The summed E-state index contributed by atoms with van der Waals surface area (Å²) in [5.74, 6) is 2.61. The van der Waals surface area contributed by atoms with Gasteiger partial charge in [-0.2, -0.15) is 0 Å². The van der Waals surface area contributed by atoms with E-state index in [1.165, 1.54) is 11.8 Å². The van der Waals surface area contributed by atoms with E-state index >= 15 is 0 Å². The van der Waals surface area contributed by atoms with Gasteiger partial charge in [-0.15, -0.1) is 10.2 Å². The molecule has 0 amide bonds. The highest BCUT2D eigenvalue weighted by Crippen LogP contribution is 2.31. The van der Waals surface area contributed by atoms with Crippen LogP contribution in [0.5, 0.6) is 11.5 Å². The molecule has 5 aromatic rings. The first-order chi connectivity index (χ1) is 16.1. The van der Waals surface area contributed by atoms with Crippen molar-refractivity contribution in [1.29, 1.82) is 0 Å². The normalized spacial score (nSPS) is 11.2. The first kappa shape index (κ1) is 21.1. The Morgan fingerprint density at radius 1 is 0.939 bits per heavy atom. The van der Waals surface area contributed by atoms with Crippen molar-refractivity contribution >= 4 is 28.4 Å². The van der Waals surface area contributed by atoms with E-state index < -0.39 is 0 Å². The molecule has 5 rings (SSSR count). The van der Waals surface area contributed by atoms with Crippen LogP contribution in [0.3, 0.4) is 0 Å². The van der Waals surface area contributed by atoms with Crippen molar-refractivity contribution in [2.45, 2.75) is 17.8 Å². The zero-order valence-electron chi connectivity index (χ0n) is 18.5. The van der Waals surface area contributed by atoms with E-state index in [0.29, 0.717) is 22.1 Å². The van der Waals surface area contributed by atoms with Gasteiger partial charge in [-0.25, -0.2) is 4.57 Å². The van der Waals surface area contributed by atoms with Crippen LogP contribution in [0.2, 0.25) is 0 Å². The number of aryl methyl sites for hydroxylation is 1. The first-order valence-corrected chi connectivity index (χ1v) is 11.4. The third-order valence-electron chi connectivity index (χ3n) is 5.53. The number of aromatic nitrogens is 4. The second kappa shape index (κ2) is 8.63. The molecule has 0 aliphatic heterocycles. The number of hydrogen-bond donors (Lipinski definition) is 0. The molecular weight excluding hydrogens is 436 g/mol. The number of thioether (sulfide) groups is 1. The highest BCUT2D eigenvalue weighted by Gasteiger charge is 2.18. The molecule has 7 nitrogen and oxygen atoms in total. The van der Waals surface area contributed by atoms with Crippen molar-refractivity contribution in [3.63, 3.8) is 0 Å². The van der Waals surface area contributed by atoms with Crippen LogP contribution in [0, 0.1) is 6.92 Å². The van der Waals surface area contributed by atoms with Gasteiger partial charge in [0.05, 0.1) is 30.8 Å². The van der Waals surface area contributed by atoms with Gasteiger partial charge in [-0.3, -0.25) is 9.20 Å². The van der Waals surface area contributed by atoms with Crippen LogP contribution in [-0.4, -0.2) is 33.4 Å². The number of hydrogen-bond acceptors (Lipinski definition) is 6. The molecule has 0 aliphatic carbocycles. The third kappa shape index (κ3) is 3.72. The standard InChI is InChI=1S/C25H22N4O3S/c1-16-8-10-18(11-9-16)28-23(30)20-6-4-5-7-21(20)29-24(28)26-27-25(29)33-15-17-14-19(31-2)12-13-22(17)32-3/h4-14H,15H2,1-3H3. The van der Waals surface area contributed by atoms with Crippen LogP contribution in [-0.2, 0) is 5.75 Å². The van der Waals surface area contributed by atoms with Gasteiger partial charge in [0.25, 0.3) is 5.56 Å². The summed E-state index contributed by atoms with van der Waals surface area (Å²) in [5.41, 5.74) is 3.49. The minimum atomic E-state index is -0.125. The van der Waals surface area contributed by atoms with Gasteiger partial charge in [-0.1, -0.05) is 41.6 Å². The van der Waals surface area contributed by atoms with Gasteiger partial charge in [-0.05, 0) is 49.4 Å². The van der Waals surface area contributed by atoms with E-state index in [2.05, 4.69) is 10.2 Å². The Morgan fingerprint density at radius 3 is 2.48 bits per heavy atom. The van der Waals surface area contributed by atoms with E-state index in [4.69, 9.17) is 9.47 Å². The number of methoxy groups -OCH3 is 2. The van der Waals surface area contributed by atoms with Crippen molar-refractivity contribution in [2.24, 2.45) is 0 Å². The van der Waals surface area contributed by atoms with Crippen LogP contribution in [0.15, 0.2) is 76.7 Å². The van der Waals surface area contributed by atoms with Gasteiger partial charge in [0, 0.05) is 11.3 Å². The fourth-order valence-electron chi connectivity index (χ4n) is 3.84. The lowest BCUT2D eigenvalue weighted by molar-refractivity contribution is 0.400. The molecule has 2 heterocycles. The number of benzene rings is 3. The van der Waals surface area contributed by atoms with Gasteiger partial charge in [0.2, 0.25) is 5.78 Å². The fourth-order valence-corrected chi connectivity index (χ4v) is 4.75. The highest BCUT2D eigenvalue weighted by atomic mass is 32.2. The summed E-state index contributed by atoms with van der Waals surface area (Å²) in [7, 11) is 3.29. The van der Waals surface area contributed by atoms with Crippen LogP contribution in [0.1, 0.15) is 11.1 Å². The van der Waals surface area contributed by atoms with Crippen LogP contribution in [0.25, 0.3) is 22.4 Å². The lowest BCUT2D eigenvalue weighted by Crippen LogP contribution is -2.21. The molecule has 33 heavy (non-hydrogen) atoms. The molecule has 0 N–H and O–H groups in total. The number of nitrogens with zero attached hydrogens (tertiary/aromatic N) is 4. The second-order valence-corrected chi connectivity index (χ2v) is 8.52. The monoisotopic (exact) mass is 458 g/mol. The summed E-state index contributed by atoms with van der Waals surface area (Å²) in [6, 6.07) is 21.1. The van der Waals surface area contributed by atoms with Crippen molar-refractivity contribution in [1.82, 2.24) is 19.2 Å². The topological polar surface area (TPSA) is 70.7 Å². The van der Waals surface area contributed by atoms with Crippen molar-refractivity contribution in [3.8, 4) is 17.2 Å². The summed E-state index contributed by atoms with van der Waals surface area (Å²) in [6.07, 6.45) is 0. The third-order valence-corrected chi connectivity index (χ3v) is 6.51. The Bertz CT molecular complexity index is 1520. The first-order valence-electron chi connectivity index (χ1n) is 10.4. The summed E-state index contributed by atoms with van der Waals surface area (Å²) >= 11 is 1.52. The molecule has 0 fully saturated rings. The van der Waals surface area contributed by atoms with Gasteiger partial charge in [0.15, 0.2) is 5.16 Å². The zero-order valence-corrected chi connectivity index (χ0v) is 19.3. The fraction of sp³-hybridized carbons (Fsp3) is 0.160. The molecule has 0 saturated carbocycles. The maximum Gasteiger partial charge on any atom is 0.267 e. The predicted octanol–water partition coefficient (Wildman–Crippen LogP) is 4.65. The molecule has 0 radical (unpaired) electrons. The molecule has 8 heteroatoms. The number of rotatable bonds is 6. The van der Waals surface area contributed by atoms with Crippen LogP contribution < -0.4 is 15.0 Å². The smallest absolute Gasteiger partial charge is 0.267 e. The number of ether oxygens (including phenoxy) is 2. The average Bonchev–Trinajstić information content (AvgIpc) is 3.27. The maximum atomic E-state index is 13.4.